The number of hydrogen-bond donors (Lipinski definition) is 1. The third-order valence-corrected chi connectivity index (χ3v) is 2.89. The number of nitrogens with two attached hydrogens (primary N) is 1. The molecule has 0 unspecified atom stereocenters. The Balaban J connectivity index is 2.69. The maximum Gasteiger partial charge on any atom is 0.159 e. The molecule has 0 aliphatic carbocycles. The van der Waals surface area contributed by atoms with Crippen molar-refractivity contribution in [1.29, 1.82) is 0 Å². The zero-order valence-corrected chi connectivity index (χ0v) is 9.92. The number of halogens is 3. The van der Waals surface area contributed by atoms with Crippen molar-refractivity contribution in [2.75, 3.05) is 5.73 Å². The second kappa shape index (κ2) is 3.86. The summed E-state index contributed by atoms with van der Waals surface area (Å²) in [4.78, 5) is 0. The fraction of sp³-hybridized carbons (Fsp3) is 0.100. The molecule has 0 aliphatic heterocycles. The van der Waals surface area contributed by atoms with E-state index in [0.29, 0.717) is 21.4 Å². The highest BCUT2D eigenvalue weighted by Gasteiger charge is 2.15. The molecule has 1 aromatic heterocycles. The van der Waals surface area contributed by atoms with E-state index in [0.717, 1.165) is 12.1 Å². The molecule has 2 aromatic rings. The van der Waals surface area contributed by atoms with E-state index in [9.17, 15) is 8.78 Å². The van der Waals surface area contributed by atoms with Crippen LogP contribution in [0, 0.1) is 11.6 Å². The van der Waals surface area contributed by atoms with Crippen LogP contribution in [-0.4, -0.2) is 9.78 Å². The predicted molar refractivity (Wildman–Crippen MR) is 60.7 cm³/mol. The first kappa shape index (κ1) is 11.1. The second-order valence-electron chi connectivity index (χ2n) is 3.32. The molecule has 3 nitrogen and oxygen atoms in total. The maximum atomic E-state index is 13.1. The van der Waals surface area contributed by atoms with E-state index in [-0.39, 0.29) is 0 Å². The lowest BCUT2D eigenvalue weighted by molar-refractivity contribution is 0.508. The van der Waals surface area contributed by atoms with Crippen LogP contribution in [0.3, 0.4) is 0 Å². The summed E-state index contributed by atoms with van der Waals surface area (Å²) in [6.07, 6.45) is 1.46. The summed E-state index contributed by atoms with van der Waals surface area (Å²) in [5.74, 6) is -1.82. The van der Waals surface area contributed by atoms with Crippen molar-refractivity contribution < 1.29 is 8.78 Å². The summed E-state index contributed by atoms with van der Waals surface area (Å²) >= 11 is 3.17. The number of anilines is 1. The van der Waals surface area contributed by atoms with Gasteiger partial charge in [-0.05, 0) is 28.1 Å². The van der Waals surface area contributed by atoms with E-state index in [1.807, 2.05) is 0 Å². The highest BCUT2D eigenvalue weighted by Crippen LogP contribution is 2.33. The van der Waals surface area contributed by atoms with Gasteiger partial charge in [-0.25, -0.2) is 8.78 Å². The molecular weight excluding hydrogens is 280 g/mol. The van der Waals surface area contributed by atoms with E-state index in [4.69, 9.17) is 5.73 Å². The Morgan fingerprint density at radius 2 is 1.94 bits per heavy atom. The van der Waals surface area contributed by atoms with Crippen molar-refractivity contribution in [3.05, 3.63) is 34.4 Å². The zero-order chi connectivity index (χ0) is 11.9. The van der Waals surface area contributed by atoms with Gasteiger partial charge in [0.15, 0.2) is 11.6 Å². The molecule has 0 atom stereocenters. The first-order valence-electron chi connectivity index (χ1n) is 4.43. The predicted octanol–water partition coefficient (Wildman–Crippen LogP) is 2.71. The largest absolute Gasteiger partial charge is 0.396 e. The number of aromatic nitrogens is 2. The Hall–Kier alpha value is -1.43. The van der Waals surface area contributed by atoms with Gasteiger partial charge in [0.1, 0.15) is 0 Å². The quantitative estimate of drug-likeness (QED) is 0.820. The van der Waals surface area contributed by atoms with Crippen LogP contribution in [0.15, 0.2) is 22.8 Å². The van der Waals surface area contributed by atoms with E-state index in [1.54, 1.807) is 7.05 Å². The zero-order valence-electron chi connectivity index (χ0n) is 8.34. The third kappa shape index (κ3) is 1.69. The van der Waals surface area contributed by atoms with E-state index in [1.165, 1.54) is 10.9 Å². The molecule has 16 heavy (non-hydrogen) atoms. The number of benzene rings is 1. The number of nitrogens with zero attached hydrogens (tertiary/aromatic N) is 2. The topological polar surface area (TPSA) is 43.8 Å². The standard InChI is InChI=1S/C10H8BrF2N3/c1-16-10(9(14)4-15-16)5-2-7(12)8(13)3-6(5)11/h2-4H,14H2,1H3. The lowest BCUT2D eigenvalue weighted by Crippen LogP contribution is -1.98. The van der Waals surface area contributed by atoms with Crippen LogP contribution in [0.5, 0.6) is 0 Å². The van der Waals surface area contributed by atoms with E-state index < -0.39 is 11.6 Å². The van der Waals surface area contributed by atoms with Gasteiger partial charge in [0, 0.05) is 17.1 Å². The van der Waals surface area contributed by atoms with Gasteiger partial charge < -0.3 is 5.73 Å². The van der Waals surface area contributed by atoms with Gasteiger partial charge in [0.2, 0.25) is 0 Å². The Morgan fingerprint density at radius 1 is 1.31 bits per heavy atom. The van der Waals surface area contributed by atoms with Crippen molar-refractivity contribution in [2.45, 2.75) is 0 Å². The number of hydrogen-bond acceptors (Lipinski definition) is 2. The number of rotatable bonds is 1. The van der Waals surface area contributed by atoms with Crippen molar-refractivity contribution in [3.8, 4) is 11.3 Å². The van der Waals surface area contributed by atoms with Crippen LogP contribution in [0.2, 0.25) is 0 Å². The van der Waals surface area contributed by atoms with Crippen molar-refractivity contribution >= 4 is 21.6 Å². The van der Waals surface area contributed by atoms with Gasteiger partial charge in [-0.3, -0.25) is 4.68 Å². The molecule has 0 amide bonds. The van der Waals surface area contributed by atoms with Crippen LogP contribution in [-0.2, 0) is 7.05 Å². The molecule has 0 bridgehead atoms. The van der Waals surface area contributed by atoms with Crippen molar-refractivity contribution in [3.63, 3.8) is 0 Å². The molecule has 0 saturated carbocycles. The fourth-order valence-electron chi connectivity index (χ4n) is 1.49. The molecule has 84 valence electrons. The summed E-state index contributed by atoms with van der Waals surface area (Å²) in [5, 5.41) is 3.94. The average Bonchev–Trinajstić information content (AvgIpc) is 2.53. The molecule has 0 fully saturated rings. The molecule has 1 heterocycles. The second-order valence-corrected chi connectivity index (χ2v) is 4.17. The smallest absolute Gasteiger partial charge is 0.159 e. The summed E-state index contributed by atoms with van der Waals surface area (Å²) in [7, 11) is 1.68. The normalized spacial score (nSPS) is 10.8. The first-order valence-corrected chi connectivity index (χ1v) is 5.22. The molecule has 1 aromatic carbocycles. The first-order chi connectivity index (χ1) is 7.50. The van der Waals surface area contributed by atoms with Gasteiger partial charge in [0.25, 0.3) is 0 Å². The molecule has 6 heteroatoms. The Labute approximate surface area is 99.0 Å². The van der Waals surface area contributed by atoms with Crippen LogP contribution in [0.4, 0.5) is 14.5 Å². The lowest BCUT2D eigenvalue weighted by Gasteiger charge is -2.07. The maximum absolute atomic E-state index is 13.1. The minimum absolute atomic E-state index is 0.411. The summed E-state index contributed by atoms with van der Waals surface area (Å²) in [6, 6.07) is 2.16. The highest BCUT2D eigenvalue weighted by atomic mass is 79.9. The van der Waals surface area contributed by atoms with Gasteiger partial charge in [-0.2, -0.15) is 5.10 Å². The average molecular weight is 288 g/mol. The Kier molecular flexibility index (Phi) is 2.67. The molecule has 0 aliphatic rings. The van der Waals surface area contributed by atoms with Gasteiger partial charge in [-0.15, -0.1) is 0 Å². The Morgan fingerprint density at radius 3 is 2.50 bits per heavy atom. The highest BCUT2D eigenvalue weighted by molar-refractivity contribution is 9.10. The van der Waals surface area contributed by atoms with E-state index in [2.05, 4.69) is 21.0 Å². The summed E-state index contributed by atoms with van der Waals surface area (Å²) < 4.78 is 28.0. The number of nitrogen functional groups attached to an aromatic ring is 1. The minimum Gasteiger partial charge on any atom is -0.396 e. The molecule has 2 N–H and O–H groups in total. The lowest BCUT2D eigenvalue weighted by atomic mass is 10.1. The SMILES string of the molecule is Cn1ncc(N)c1-c1cc(F)c(F)cc1Br. The van der Waals surface area contributed by atoms with Crippen LogP contribution in [0.25, 0.3) is 11.3 Å². The van der Waals surface area contributed by atoms with Crippen LogP contribution < -0.4 is 5.73 Å². The molecular formula is C10H8BrF2N3. The van der Waals surface area contributed by atoms with Crippen LogP contribution in [0.1, 0.15) is 0 Å². The third-order valence-electron chi connectivity index (χ3n) is 2.23. The molecule has 2 rings (SSSR count). The molecule has 0 saturated heterocycles. The monoisotopic (exact) mass is 287 g/mol. The molecule has 0 spiro atoms. The summed E-state index contributed by atoms with van der Waals surface area (Å²) in [6.45, 7) is 0. The Bertz CT molecular complexity index is 532. The van der Waals surface area contributed by atoms with Gasteiger partial charge >= 0.3 is 0 Å². The van der Waals surface area contributed by atoms with Gasteiger partial charge in [-0.1, -0.05) is 0 Å². The van der Waals surface area contributed by atoms with Crippen LogP contribution >= 0.6 is 15.9 Å². The van der Waals surface area contributed by atoms with Crippen molar-refractivity contribution in [1.82, 2.24) is 9.78 Å². The van der Waals surface area contributed by atoms with Crippen molar-refractivity contribution in [2.24, 2.45) is 7.05 Å². The van der Waals surface area contributed by atoms with E-state index >= 15 is 0 Å². The van der Waals surface area contributed by atoms with Gasteiger partial charge in [0.05, 0.1) is 17.6 Å². The molecule has 0 radical (unpaired) electrons. The summed E-state index contributed by atoms with van der Waals surface area (Å²) in [5.41, 5.74) is 7.14. The fourth-order valence-corrected chi connectivity index (χ4v) is 1.99. The minimum atomic E-state index is -0.918. The number of aryl methyl sites for hydroxylation is 1.